The van der Waals surface area contributed by atoms with Crippen LogP contribution in [-0.4, -0.2) is 18.5 Å². The molecule has 0 atom stereocenters. The van der Waals surface area contributed by atoms with Gasteiger partial charge in [0.2, 0.25) is 0 Å². The average molecular weight is 164 g/mol. The molecule has 0 bridgehead atoms. The van der Waals surface area contributed by atoms with Crippen molar-refractivity contribution in [3.05, 3.63) is 12.3 Å². The number of halogens is 1. The molecule has 42 valence electrons. The van der Waals surface area contributed by atoms with Gasteiger partial charge in [-0.25, -0.2) is 0 Å². The fraction of sp³-hybridized carbons (Fsp3) is 0.600. The Morgan fingerprint density at radius 3 is 2.43 bits per heavy atom. The van der Waals surface area contributed by atoms with Crippen molar-refractivity contribution >= 4 is 17.0 Å². The van der Waals surface area contributed by atoms with Gasteiger partial charge in [-0.2, -0.15) is 0 Å². The largest absolute Gasteiger partial charge is 0.380 e. The molecular weight excluding hydrogens is 154 g/mol. The highest BCUT2D eigenvalue weighted by Gasteiger charge is 1.92. The molecule has 0 saturated carbocycles. The highest BCUT2D eigenvalue weighted by Crippen LogP contribution is 1.97. The van der Waals surface area contributed by atoms with Gasteiger partial charge in [0, 0.05) is 13.6 Å². The van der Waals surface area contributed by atoms with Crippen LogP contribution < -0.4 is 0 Å². The van der Waals surface area contributed by atoms with E-state index in [1.165, 1.54) is 13.0 Å². The second kappa shape index (κ2) is 3.08. The summed E-state index contributed by atoms with van der Waals surface area (Å²) in [5.41, 5.74) is 0. The molecular formula is C5H10BrN. The molecule has 0 N–H and O–H groups in total. The molecule has 1 aliphatic heterocycles. The first-order valence-electron chi connectivity index (χ1n) is 2.26. The minimum absolute atomic E-state index is 0. The van der Waals surface area contributed by atoms with E-state index in [9.17, 15) is 0 Å². The molecule has 0 radical (unpaired) electrons. The monoisotopic (exact) mass is 163 g/mol. The lowest BCUT2D eigenvalue weighted by Gasteiger charge is -2.02. The van der Waals surface area contributed by atoms with Crippen molar-refractivity contribution in [2.75, 3.05) is 13.6 Å². The quantitative estimate of drug-likeness (QED) is 0.523. The summed E-state index contributed by atoms with van der Waals surface area (Å²) in [5.74, 6) is 0. The van der Waals surface area contributed by atoms with Gasteiger partial charge in [0.25, 0.3) is 0 Å². The Morgan fingerprint density at radius 1 is 1.57 bits per heavy atom. The SMILES string of the molecule is Br.CN1C=CCC1. The number of hydrogen-bond acceptors (Lipinski definition) is 1. The van der Waals surface area contributed by atoms with Crippen molar-refractivity contribution in [2.45, 2.75) is 6.42 Å². The molecule has 2 heteroatoms. The van der Waals surface area contributed by atoms with Gasteiger partial charge in [-0.05, 0) is 12.6 Å². The van der Waals surface area contributed by atoms with Crippen molar-refractivity contribution in [3.63, 3.8) is 0 Å². The van der Waals surface area contributed by atoms with Crippen LogP contribution in [0, 0.1) is 0 Å². The van der Waals surface area contributed by atoms with Crippen molar-refractivity contribution in [1.82, 2.24) is 4.90 Å². The Bertz CT molecular complexity index is 70.5. The molecule has 1 aliphatic rings. The Hall–Kier alpha value is 0.0200. The maximum atomic E-state index is 2.18. The van der Waals surface area contributed by atoms with Crippen LogP contribution in [0.3, 0.4) is 0 Å². The molecule has 7 heavy (non-hydrogen) atoms. The van der Waals surface area contributed by atoms with Gasteiger partial charge in [-0.15, -0.1) is 17.0 Å². The summed E-state index contributed by atoms with van der Waals surface area (Å²) < 4.78 is 0. The molecule has 1 heterocycles. The Kier molecular flexibility index (Phi) is 3.09. The summed E-state index contributed by atoms with van der Waals surface area (Å²) in [4.78, 5) is 2.18. The van der Waals surface area contributed by atoms with E-state index in [2.05, 4.69) is 24.2 Å². The molecule has 0 amide bonds. The maximum absolute atomic E-state index is 2.18. The van der Waals surface area contributed by atoms with Crippen LogP contribution in [0.5, 0.6) is 0 Å². The second-order valence-electron chi connectivity index (χ2n) is 1.65. The third-order valence-corrected chi connectivity index (χ3v) is 1.01. The van der Waals surface area contributed by atoms with Gasteiger partial charge in [0.1, 0.15) is 0 Å². The Labute approximate surface area is 54.8 Å². The van der Waals surface area contributed by atoms with E-state index in [-0.39, 0.29) is 17.0 Å². The van der Waals surface area contributed by atoms with E-state index in [1.54, 1.807) is 0 Å². The van der Waals surface area contributed by atoms with E-state index >= 15 is 0 Å². The van der Waals surface area contributed by atoms with Gasteiger partial charge in [-0.1, -0.05) is 6.08 Å². The third-order valence-electron chi connectivity index (χ3n) is 1.01. The Balaban J connectivity index is 0.000000360. The van der Waals surface area contributed by atoms with Crippen LogP contribution in [0.2, 0.25) is 0 Å². The summed E-state index contributed by atoms with van der Waals surface area (Å²) in [5, 5.41) is 0. The van der Waals surface area contributed by atoms with Crippen LogP contribution in [0.4, 0.5) is 0 Å². The molecule has 0 spiro atoms. The zero-order chi connectivity index (χ0) is 4.41. The smallest absolute Gasteiger partial charge is 0.0204 e. The predicted molar refractivity (Wildman–Crippen MR) is 36.7 cm³/mol. The molecule has 0 aliphatic carbocycles. The summed E-state index contributed by atoms with van der Waals surface area (Å²) in [6.07, 6.45) is 5.52. The van der Waals surface area contributed by atoms with E-state index in [4.69, 9.17) is 0 Å². The molecule has 0 aromatic carbocycles. The first kappa shape index (κ1) is 7.02. The van der Waals surface area contributed by atoms with Crippen molar-refractivity contribution in [2.24, 2.45) is 0 Å². The van der Waals surface area contributed by atoms with Crippen LogP contribution in [0.25, 0.3) is 0 Å². The average Bonchev–Trinajstić information content (AvgIpc) is 1.86. The minimum Gasteiger partial charge on any atom is -0.380 e. The third kappa shape index (κ3) is 1.97. The summed E-state index contributed by atoms with van der Waals surface area (Å²) in [6.45, 7) is 1.21. The number of hydrogen-bond donors (Lipinski definition) is 0. The van der Waals surface area contributed by atoms with Gasteiger partial charge in [-0.3, -0.25) is 0 Å². The zero-order valence-corrected chi connectivity index (χ0v) is 6.14. The molecule has 1 rings (SSSR count). The lowest BCUT2D eigenvalue weighted by molar-refractivity contribution is 0.496. The summed E-state index contributed by atoms with van der Waals surface area (Å²) in [6, 6.07) is 0. The first-order chi connectivity index (χ1) is 2.89. The molecule has 0 fully saturated rings. The van der Waals surface area contributed by atoms with Crippen molar-refractivity contribution in [3.8, 4) is 0 Å². The second-order valence-corrected chi connectivity index (χ2v) is 1.65. The normalized spacial score (nSPS) is 17.0. The van der Waals surface area contributed by atoms with Crippen molar-refractivity contribution in [1.29, 1.82) is 0 Å². The highest BCUT2D eigenvalue weighted by molar-refractivity contribution is 8.93. The topological polar surface area (TPSA) is 3.24 Å². The molecule has 0 saturated heterocycles. The highest BCUT2D eigenvalue weighted by atomic mass is 79.9. The van der Waals surface area contributed by atoms with E-state index in [0.717, 1.165) is 0 Å². The maximum Gasteiger partial charge on any atom is 0.0204 e. The van der Waals surface area contributed by atoms with E-state index in [0.29, 0.717) is 0 Å². The fourth-order valence-electron chi connectivity index (χ4n) is 0.607. The van der Waals surface area contributed by atoms with Crippen LogP contribution >= 0.6 is 17.0 Å². The zero-order valence-electron chi connectivity index (χ0n) is 4.42. The molecule has 0 aromatic heterocycles. The van der Waals surface area contributed by atoms with Gasteiger partial charge >= 0.3 is 0 Å². The van der Waals surface area contributed by atoms with E-state index < -0.39 is 0 Å². The van der Waals surface area contributed by atoms with Gasteiger partial charge in [0.15, 0.2) is 0 Å². The number of nitrogens with zero attached hydrogens (tertiary/aromatic N) is 1. The Morgan fingerprint density at radius 2 is 2.29 bits per heavy atom. The standard InChI is InChI=1S/C5H9N.BrH/c1-6-4-2-3-5-6;/h2,4H,3,5H2,1H3;1H. The lowest BCUT2D eigenvalue weighted by atomic mass is 10.5. The predicted octanol–water partition coefficient (Wildman–Crippen LogP) is 1.41. The van der Waals surface area contributed by atoms with Crippen LogP contribution in [0.1, 0.15) is 6.42 Å². The van der Waals surface area contributed by atoms with E-state index in [1.807, 2.05) is 0 Å². The lowest BCUT2D eigenvalue weighted by Crippen LogP contribution is -2.04. The molecule has 0 unspecified atom stereocenters. The van der Waals surface area contributed by atoms with Crippen molar-refractivity contribution < 1.29 is 0 Å². The first-order valence-corrected chi connectivity index (χ1v) is 2.26. The summed E-state index contributed by atoms with van der Waals surface area (Å²) in [7, 11) is 2.09. The van der Waals surface area contributed by atoms with Gasteiger partial charge < -0.3 is 4.90 Å². The minimum atomic E-state index is 0. The molecule has 1 nitrogen and oxygen atoms in total. The summed E-state index contributed by atoms with van der Waals surface area (Å²) >= 11 is 0. The number of rotatable bonds is 0. The fourth-order valence-corrected chi connectivity index (χ4v) is 0.607. The molecule has 0 aromatic rings. The van der Waals surface area contributed by atoms with Gasteiger partial charge in [0.05, 0.1) is 0 Å². The van der Waals surface area contributed by atoms with Crippen LogP contribution in [-0.2, 0) is 0 Å². The van der Waals surface area contributed by atoms with Crippen LogP contribution in [0.15, 0.2) is 12.3 Å².